The van der Waals surface area contributed by atoms with Crippen LogP contribution >= 0.6 is 0 Å². The molecule has 0 amide bonds. The Morgan fingerprint density at radius 2 is 2.06 bits per heavy atom. The van der Waals surface area contributed by atoms with Gasteiger partial charge in [-0.2, -0.15) is 13.2 Å². The molecule has 0 radical (unpaired) electrons. The highest BCUT2D eigenvalue weighted by molar-refractivity contribution is 4.97. The van der Waals surface area contributed by atoms with E-state index in [0.717, 1.165) is 7.05 Å². The minimum atomic E-state index is -4.68. The van der Waals surface area contributed by atoms with Crippen LogP contribution in [0.25, 0.3) is 0 Å². The fourth-order valence-electron chi connectivity index (χ4n) is 1.08. The van der Waals surface area contributed by atoms with Crippen molar-refractivity contribution in [2.24, 2.45) is 5.73 Å². The average molecular weight is 238 g/mol. The largest absolute Gasteiger partial charge is 0.428 e. The summed E-state index contributed by atoms with van der Waals surface area (Å²) in [5.41, 5.74) is 5.50. The molecular formula is C10H17F3N2O. The molecule has 0 aliphatic rings. The van der Waals surface area contributed by atoms with E-state index in [1.807, 2.05) is 0 Å². The van der Waals surface area contributed by atoms with Crippen LogP contribution in [0.1, 0.15) is 12.8 Å². The van der Waals surface area contributed by atoms with Gasteiger partial charge in [0.15, 0.2) is 0 Å². The second kappa shape index (κ2) is 6.67. The fourth-order valence-corrected chi connectivity index (χ4v) is 1.08. The molecule has 0 rings (SSSR count). The van der Waals surface area contributed by atoms with Gasteiger partial charge in [-0.3, -0.25) is 4.90 Å². The summed E-state index contributed by atoms with van der Waals surface area (Å²) in [4.78, 5) is 0.696. The fraction of sp³-hybridized carbons (Fsp3) is 0.600. The van der Waals surface area contributed by atoms with Crippen LogP contribution in [0.5, 0.6) is 0 Å². The maximum absolute atomic E-state index is 12.1. The van der Waals surface area contributed by atoms with Crippen molar-refractivity contribution in [2.75, 3.05) is 7.05 Å². The molecule has 16 heavy (non-hydrogen) atoms. The van der Waals surface area contributed by atoms with Gasteiger partial charge in [-0.05, 0) is 19.9 Å². The number of halogens is 3. The van der Waals surface area contributed by atoms with E-state index in [9.17, 15) is 13.2 Å². The van der Waals surface area contributed by atoms with Crippen molar-refractivity contribution in [1.29, 1.82) is 0 Å². The maximum atomic E-state index is 12.1. The van der Waals surface area contributed by atoms with E-state index in [-0.39, 0.29) is 0 Å². The summed E-state index contributed by atoms with van der Waals surface area (Å²) in [5, 5.41) is 8.91. The van der Waals surface area contributed by atoms with Gasteiger partial charge in [0, 0.05) is 0 Å². The molecule has 0 aromatic rings. The van der Waals surface area contributed by atoms with Crippen LogP contribution in [0, 0.1) is 0 Å². The SMILES string of the molecule is C=C/C=C\CCC(N)N(C)C(O)C(F)(F)F. The zero-order chi connectivity index (χ0) is 12.8. The third-order valence-corrected chi connectivity index (χ3v) is 2.10. The lowest BCUT2D eigenvalue weighted by atomic mass is 10.2. The number of nitrogens with two attached hydrogens (primary N) is 1. The third-order valence-electron chi connectivity index (χ3n) is 2.10. The molecule has 0 aromatic carbocycles. The maximum Gasteiger partial charge on any atom is 0.428 e. The smallest absolute Gasteiger partial charge is 0.370 e. The lowest BCUT2D eigenvalue weighted by Crippen LogP contribution is -2.51. The van der Waals surface area contributed by atoms with Crippen LogP contribution < -0.4 is 5.73 Å². The van der Waals surface area contributed by atoms with Gasteiger partial charge < -0.3 is 10.8 Å². The monoisotopic (exact) mass is 238 g/mol. The van der Waals surface area contributed by atoms with Gasteiger partial charge in [0.2, 0.25) is 6.23 Å². The summed E-state index contributed by atoms with van der Waals surface area (Å²) in [6.07, 6.45) is -2.18. The minimum Gasteiger partial charge on any atom is -0.370 e. The molecule has 0 bridgehead atoms. The third kappa shape index (κ3) is 5.29. The predicted octanol–water partition coefficient (Wildman–Crippen LogP) is 1.61. The van der Waals surface area contributed by atoms with Crippen molar-refractivity contribution in [3.63, 3.8) is 0 Å². The van der Waals surface area contributed by atoms with Gasteiger partial charge in [0.05, 0.1) is 6.17 Å². The van der Waals surface area contributed by atoms with Crippen molar-refractivity contribution >= 4 is 0 Å². The lowest BCUT2D eigenvalue weighted by molar-refractivity contribution is -0.252. The minimum absolute atomic E-state index is 0.327. The number of aliphatic hydroxyl groups excluding tert-OH is 1. The van der Waals surface area contributed by atoms with Crippen molar-refractivity contribution < 1.29 is 18.3 Å². The Morgan fingerprint density at radius 1 is 1.50 bits per heavy atom. The Labute approximate surface area is 93.0 Å². The van der Waals surface area contributed by atoms with Crippen LogP contribution in [0.15, 0.2) is 24.8 Å². The topological polar surface area (TPSA) is 49.5 Å². The second-order valence-corrected chi connectivity index (χ2v) is 3.39. The molecule has 0 spiro atoms. The summed E-state index contributed by atoms with van der Waals surface area (Å²) >= 11 is 0. The predicted molar refractivity (Wildman–Crippen MR) is 56.4 cm³/mol. The number of alkyl halides is 3. The molecule has 0 aliphatic carbocycles. The molecule has 0 heterocycles. The Morgan fingerprint density at radius 3 is 2.50 bits per heavy atom. The molecule has 0 saturated carbocycles. The normalized spacial score (nSPS) is 16.7. The number of rotatable bonds is 6. The lowest BCUT2D eigenvalue weighted by Gasteiger charge is -2.30. The van der Waals surface area contributed by atoms with E-state index in [4.69, 9.17) is 10.8 Å². The van der Waals surface area contributed by atoms with Gasteiger partial charge in [-0.15, -0.1) is 0 Å². The molecule has 0 saturated heterocycles. The van der Waals surface area contributed by atoms with Crippen LogP contribution in [-0.4, -0.2) is 35.6 Å². The summed E-state index contributed by atoms with van der Waals surface area (Å²) < 4.78 is 36.4. The average Bonchev–Trinajstić information content (AvgIpc) is 2.20. The standard InChI is InChI=1S/C10H17F3N2O/c1-3-4-5-6-7-8(14)15(2)9(16)10(11,12)13/h3-5,8-9,16H,1,6-7,14H2,2H3/b5-4-. The van der Waals surface area contributed by atoms with E-state index in [1.165, 1.54) is 0 Å². The number of hydrogen-bond acceptors (Lipinski definition) is 3. The molecular weight excluding hydrogens is 221 g/mol. The first-order valence-electron chi connectivity index (χ1n) is 4.80. The molecule has 2 unspecified atom stereocenters. The van der Waals surface area contributed by atoms with E-state index in [2.05, 4.69) is 6.58 Å². The number of nitrogens with zero attached hydrogens (tertiary/aromatic N) is 1. The molecule has 0 fully saturated rings. The summed E-state index contributed by atoms with van der Waals surface area (Å²) in [6, 6.07) is 0. The number of aliphatic hydroxyl groups is 1. The summed E-state index contributed by atoms with van der Waals surface area (Å²) in [6.45, 7) is 3.46. The van der Waals surface area contributed by atoms with E-state index in [1.54, 1.807) is 18.2 Å². The van der Waals surface area contributed by atoms with Gasteiger partial charge in [-0.25, -0.2) is 0 Å². The highest BCUT2D eigenvalue weighted by Gasteiger charge is 2.42. The molecule has 3 nitrogen and oxygen atoms in total. The van der Waals surface area contributed by atoms with Gasteiger partial charge in [0.1, 0.15) is 0 Å². The van der Waals surface area contributed by atoms with Crippen LogP contribution in [-0.2, 0) is 0 Å². The quantitative estimate of drug-likeness (QED) is 0.546. The molecule has 0 aromatic heterocycles. The first-order chi connectivity index (χ1) is 7.30. The van der Waals surface area contributed by atoms with Crippen LogP contribution in [0.3, 0.4) is 0 Å². The Bertz CT molecular complexity index is 241. The van der Waals surface area contributed by atoms with Crippen LogP contribution in [0.4, 0.5) is 13.2 Å². The summed E-state index contributed by atoms with van der Waals surface area (Å²) in [7, 11) is 1.14. The second-order valence-electron chi connectivity index (χ2n) is 3.39. The van der Waals surface area contributed by atoms with Crippen LogP contribution in [0.2, 0.25) is 0 Å². The molecule has 2 atom stereocenters. The Kier molecular flexibility index (Phi) is 6.32. The van der Waals surface area contributed by atoms with E-state index < -0.39 is 18.6 Å². The molecule has 3 N–H and O–H groups in total. The van der Waals surface area contributed by atoms with E-state index in [0.29, 0.717) is 17.7 Å². The van der Waals surface area contributed by atoms with Crippen molar-refractivity contribution in [3.8, 4) is 0 Å². The van der Waals surface area contributed by atoms with Crippen molar-refractivity contribution in [1.82, 2.24) is 4.90 Å². The Hall–Kier alpha value is -0.850. The zero-order valence-electron chi connectivity index (χ0n) is 9.11. The molecule has 94 valence electrons. The first kappa shape index (κ1) is 15.2. The highest BCUT2D eigenvalue weighted by atomic mass is 19.4. The van der Waals surface area contributed by atoms with Crippen molar-refractivity contribution in [3.05, 3.63) is 24.8 Å². The zero-order valence-corrected chi connectivity index (χ0v) is 9.11. The summed E-state index contributed by atoms with van der Waals surface area (Å²) in [5.74, 6) is 0. The number of allylic oxidation sites excluding steroid dienone is 3. The van der Waals surface area contributed by atoms with Gasteiger partial charge in [0.25, 0.3) is 0 Å². The van der Waals surface area contributed by atoms with Crippen molar-refractivity contribution in [2.45, 2.75) is 31.4 Å². The molecule has 6 heteroatoms. The number of hydrogen-bond donors (Lipinski definition) is 2. The van der Waals surface area contributed by atoms with Gasteiger partial charge >= 0.3 is 6.18 Å². The Balaban J connectivity index is 4.12. The van der Waals surface area contributed by atoms with Gasteiger partial charge in [-0.1, -0.05) is 24.8 Å². The highest BCUT2D eigenvalue weighted by Crippen LogP contribution is 2.23. The van der Waals surface area contributed by atoms with E-state index >= 15 is 0 Å². The molecule has 0 aliphatic heterocycles. The first-order valence-corrected chi connectivity index (χ1v) is 4.80.